The summed E-state index contributed by atoms with van der Waals surface area (Å²) in [5.74, 6) is -5.06. The van der Waals surface area contributed by atoms with Crippen LogP contribution in [0.4, 0.5) is 13.2 Å². The summed E-state index contributed by atoms with van der Waals surface area (Å²) >= 11 is 3.52. The van der Waals surface area contributed by atoms with Crippen LogP contribution in [0, 0.1) is 5.92 Å². The normalized spacial score (nSPS) is 12.8. The molecule has 0 saturated heterocycles. The maximum absolute atomic E-state index is 12.5. The van der Waals surface area contributed by atoms with E-state index in [9.17, 15) is 22.8 Å². The zero-order valence-electron chi connectivity index (χ0n) is 10.1. The van der Waals surface area contributed by atoms with Crippen LogP contribution >= 0.6 is 12.6 Å². The number of halogens is 3. The molecule has 0 saturated carbocycles. The first-order chi connectivity index (χ1) is 9.25. The van der Waals surface area contributed by atoms with Crippen molar-refractivity contribution < 1.29 is 27.9 Å². The van der Waals surface area contributed by atoms with Crippen molar-refractivity contribution in [2.75, 3.05) is 5.75 Å². The number of benzene rings is 1. The highest BCUT2D eigenvalue weighted by atomic mass is 32.1. The second-order valence-electron chi connectivity index (χ2n) is 4.00. The monoisotopic (exact) mass is 307 g/mol. The Labute approximate surface area is 118 Å². The van der Waals surface area contributed by atoms with Gasteiger partial charge in [0.15, 0.2) is 0 Å². The van der Waals surface area contributed by atoms with E-state index < -0.39 is 29.7 Å². The summed E-state index contributed by atoms with van der Waals surface area (Å²) in [6.07, 6.45) is -4.64. The largest absolute Gasteiger partial charge is 0.478 e. The number of rotatable bonds is 5. The van der Waals surface area contributed by atoms with E-state index in [2.05, 4.69) is 17.9 Å². The average molecular weight is 307 g/mol. The van der Waals surface area contributed by atoms with Crippen LogP contribution < -0.4 is 5.32 Å². The highest BCUT2D eigenvalue weighted by molar-refractivity contribution is 7.80. The molecule has 1 unspecified atom stereocenters. The number of thiol groups is 1. The molecule has 1 amide bonds. The summed E-state index contributed by atoms with van der Waals surface area (Å²) in [5, 5.41) is 10.8. The summed E-state index contributed by atoms with van der Waals surface area (Å²) in [4.78, 5) is 22.0. The van der Waals surface area contributed by atoms with E-state index >= 15 is 0 Å². The van der Waals surface area contributed by atoms with E-state index in [4.69, 9.17) is 5.11 Å². The van der Waals surface area contributed by atoms with Crippen molar-refractivity contribution in [1.29, 1.82) is 0 Å². The Morgan fingerprint density at radius 2 is 1.80 bits per heavy atom. The van der Waals surface area contributed by atoms with Gasteiger partial charge in [0.25, 0.3) is 0 Å². The number of aromatic carboxylic acids is 1. The molecule has 0 aliphatic rings. The van der Waals surface area contributed by atoms with Gasteiger partial charge < -0.3 is 10.4 Å². The first-order valence-electron chi connectivity index (χ1n) is 5.53. The number of carboxylic acid groups (broad SMARTS) is 1. The Balaban J connectivity index is 2.62. The molecular formula is C12H12F3NO3S. The molecule has 1 rings (SSSR count). The topological polar surface area (TPSA) is 66.4 Å². The molecule has 110 valence electrons. The maximum Gasteiger partial charge on any atom is 0.401 e. The fourth-order valence-corrected chi connectivity index (χ4v) is 1.79. The minimum absolute atomic E-state index is 0.0589. The molecule has 20 heavy (non-hydrogen) atoms. The van der Waals surface area contributed by atoms with Crippen LogP contribution in [0.25, 0.3) is 0 Å². The minimum Gasteiger partial charge on any atom is -0.478 e. The zero-order chi connectivity index (χ0) is 15.3. The smallest absolute Gasteiger partial charge is 0.401 e. The fourth-order valence-electron chi connectivity index (χ4n) is 1.41. The predicted molar refractivity (Wildman–Crippen MR) is 68.6 cm³/mol. The van der Waals surface area contributed by atoms with Crippen molar-refractivity contribution in [3.63, 3.8) is 0 Å². The third-order valence-corrected chi connectivity index (χ3v) is 2.93. The number of alkyl halides is 3. The Kier molecular flexibility index (Phi) is 5.43. The van der Waals surface area contributed by atoms with E-state index in [-0.39, 0.29) is 12.1 Å². The standard InChI is InChI=1S/C12H12F3NO3S/c13-12(14,15)9(6-20)10(17)16-5-7-1-3-8(4-2-7)11(18)19/h1-4,9,20H,5-6H2,(H,16,17)(H,18,19). The van der Waals surface area contributed by atoms with E-state index in [0.717, 1.165) is 0 Å². The first-order valence-corrected chi connectivity index (χ1v) is 6.16. The van der Waals surface area contributed by atoms with E-state index in [0.29, 0.717) is 5.56 Å². The highest BCUT2D eigenvalue weighted by Crippen LogP contribution is 2.27. The molecule has 1 aromatic carbocycles. The van der Waals surface area contributed by atoms with Gasteiger partial charge in [-0.25, -0.2) is 4.79 Å². The molecule has 0 spiro atoms. The van der Waals surface area contributed by atoms with Crippen molar-refractivity contribution in [1.82, 2.24) is 5.32 Å². The summed E-state index contributed by atoms with van der Waals surface area (Å²) in [7, 11) is 0. The Hall–Kier alpha value is -1.70. The van der Waals surface area contributed by atoms with Crippen LogP contribution in [0.3, 0.4) is 0 Å². The van der Waals surface area contributed by atoms with Crippen molar-refractivity contribution in [3.05, 3.63) is 35.4 Å². The van der Waals surface area contributed by atoms with Gasteiger partial charge >= 0.3 is 12.1 Å². The third-order valence-electron chi connectivity index (χ3n) is 2.56. The first kappa shape index (κ1) is 16.4. The number of hydrogen-bond acceptors (Lipinski definition) is 3. The Morgan fingerprint density at radius 3 is 2.20 bits per heavy atom. The van der Waals surface area contributed by atoms with Gasteiger partial charge in [-0.2, -0.15) is 25.8 Å². The number of carbonyl (C=O) groups excluding carboxylic acids is 1. The quantitative estimate of drug-likeness (QED) is 0.730. The van der Waals surface area contributed by atoms with Crippen molar-refractivity contribution in [3.8, 4) is 0 Å². The van der Waals surface area contributed by atoms with Gasteiger partial charge in [-0.05, 0) is 17.7 Å². The molecule has 0 aromatic heterocycles. The molecule has 0 aliphatic heterocycles. The van der Waals surface area contributed by atoms with Gasteiger partial charge in [0, 0.05) is 12.3 Å². The highest BCUT2D eigenvalue weighted by Gasteiger charge is 2.43. The van der Waals surface area contributed by atoms with Gasteiger partial charge in [0.2, 0.25) is 5.91 Å². The molecule has 1 aromatic rings. The van der Waals surface area contributed by atoms with E-state index in [1.165, 1.54) is 24.3 Å². The molecular weight excluding hydrogens is 295 g/mol. The molecule has 0 heterocycles. The van der Waals surface area contributed by atoms with Crippen molar-refractivity contribution in [2.24, 2.45) is 5.92 Å². The number of amides is 1. The zero-order valence-corrected chi connectivity index (χ0v) is 11.0. The molecule has 0 aliphatic carbocycles. The number of carbonyl (C=O) groups is 2. The molecule has 1 atom stereocenters. The van der Waals surface area contributed by atoms with Crippen molar-refractivity contribution >= 4 is 24.5 Å². The lowest BCUT2D eigenvalue weighted by Crippen LogP contribution is -2.40. The van der Waals surface area contributed by atoms with Crippen LogP contribution in [0.5, 0.6) is 0 Å². The van der Waals surface area contributed by atoms with Crippen LogP contribution in [0.1, 0.15) is 15.9 Å². The molecule has 0 bridgehead atoms. The van der Waals surface area contributed by atoms with Gasteiger partial charge in [0.05, 0.1) is 5.56 Å². The lowest BCUT2D eigenvalue weighted by Gasteiger charge is -2.17. The second kappa shape index (κ2) is 6.65. The predicted octanol–water partition coefficient (Wildman–Crippen LogP) is 2.11. The number of carboxylic acids is 1. The van der Waals surface area contributed by atoms with Crippen LogP contribution in [-0.4, -0.2) is 28.9 Å². The molecule has 2 N–H and O–H groups in total. The van der Waals surface area contributed by atoms with E-state index in [1.54, 1.807) is 0 Å². The minimum atomic E-state index is -4.64. The summed E-state index contributed by atoms with van der Waals surface area (Å²) in [6, 6.07) is 5.47. The maximum atomic E-state index is 12.5. The molecule has 4 nitrogen and oxygen atoms in total. The summed E-state index contributed by atoms with van der Waals surface area (Å²) in [5.41, 5.74) is 0.562. The third kappa shape index (κ3) is 4.44. The molecule has 0 radical (unpaired) electrons. The van der Waals surface area contributed by atoms with Crippen LogP contribution in [0.2, 0.25) is 0 Å². The van der Waals surface area contributed by atoms with Gasteiger partial charge in [-0.15, -0.1) is 0 Å². The second-order valence-corrected chi connectivity index (χ2v) is 4.36. The summed E-state index contributed by atoms with van der Waals surface area (Å²) in [6.45, 7) is -0.112. The number of hydrogen-bond donors (Lipinski definition) is 3. The van der Waals surface area contributed by atoms with Crippen LogP contribution in [-0.2, 0) is 11.3 Å². The molecule has 8 heteroatoms. The lowest BCUT2D eigenvalue weighted by atomic mass is 10.1. The Morgan fingerprint density at radius 1 is 1.25 bits per heavy atom. The fraction of sp³-hybridized carbons (Fsp3) is 0.333. The molecule has 0 fully saturated rings. The van der Waals surface area contributed by atoms with Gasteiger partial charge in [0.1, 0.15) is 5.92 Å². The van der Waals surface area contributed by atoms with Gasteiger partial charge in [-0.1, -0.05) is 12.1 Å². The average Bonchev–Trinajstić information content (AvgIpc) is 2.36. The SMILES string of the molecule is O=C(O)c1ccc(CNC(=O)C(CS)C(F)(F)F)cc1. The number of nitrogens with one attached hydrogen (secondary N) is 1. The van der Waals surface area contributed by atoms with E-state index in [1.807, 2.05) is 0 Å². The summed E-state index contributed by atoms with van der Waals surface area (Å²) < 4.78 is 37.4. The van der Waals surface area contributed by atoms with Gasteiger partial charge in [-0.3, -0.25) is 4.79 Å². The lowest BCUT2D eigenvalue weighted by molar-refractivity contribution is -0.177. The van der Waals surface area contributed by atoms with Crippen LogP contribution in [0.15, 0.2) is 24.3 Å². The Bertz CT molecular complexity index is 488. The van der Waals surface area contributed by atoms with Crippen molar-refractivity contribution in [2.45, 2.75) is 12.7 Å².